The molecule has 2 aliphatic rings. The first-order valence-corrected chi connectivity index (χ1v) is 13.1. The Morgan fingerprint density at radius 2 is 2.00 bits per heavy atom. The van der Waals surface area contributed by atoms with Crippen LogP contribution >= 0.6 is 11.6 Å². The van der Waals surface area contributed by atoms with E-state index in [1.165, 1.54) is 13.2 Å². The largest absolute Gasteiger partial charge is 0.488 e. The van der Waals surface area contributed by atoms with Crippen LogP contribution in [0.25, 0.3) is 32.8 Å². The predicted molar refractivity (Wildman–Crippen MR) is 148 cm³/mol. The van der Waals surface area contributed by atoms with Gasteiger partial charge in [-0.05, 0) is 50.4 Å². The first-order chi connectivity index (χ1) is 18.6. The molecule has 0 aliphatic carbocycles. The van der Waals surface area contributed by atoms with Crippen molar-refractivity contribution < 1.29 is 23.4 Å². The molecule has 0 unspecified atom stereocenters. The molecule has 0 bridgehead atoms. The van der Waals surface area contributed by atoms with Crippen molar-refractivity contribution >= 4 is 45.1 Å². The fourth-order valence-electron chi connectivity index (χ4n) is 5.37. The van der Waals surface area contributed by atoms with Gasteiger partial charge in [0.1, 0.15) is 18.0 Å². The fourth-order valence-corrected chi connectivity index (χ4v) is 5.63. The molecule has 202 valence electrons. The van der Waals surface area contributed by atoms with Gasteiger partial charge in [0.25, 0.3) is 0 Å². The van der Waals surface area contributed by atoms with E-state index in [2.05, 4.69) is 14.9 Å². The number of amides is 1. The molecule has 6 rings (SSSR count). The number of halogens is 2. The Morgan fingerprint density at radius 1 is 1.18 bits per heavy atom. The number of benzene rings is 2. The molecular weight excluding hydrogens is 523 g/mol. The van der Waals surface area contributed by atoms with Crippen LogP contribution < -0.4 is 14.4 Å². The predicted octanol–water partition coefficient (Wildman–Crippen LogP) is 6.07. The zero-order chi connectivity index (χ0) is 27.5. The molecule has 1 amide bonds. The van der Waals surface area contributed by atoms with Crippen LogP contribution in [-0.2, 0) is 4.74 Å². The number of anilines is 1. The molecule has 4 aromatic rings. The van der Waals surface area contributed by atoms with E-state index in [9.17, 15) is 4.79 Å². The molecule has 2 aliphatic heterocycles. The topological polar surface area (TPSA) is 77.0 Å². The Balaban J connectivity index is 1.42. The van der Waals surface area contributed by atoms with Crippen molar-refractivity contribution in [3.63, 3.8) is 0 Å². The molecule has 2 aromatic heterocycles. The molecule has 1 fully saturated rings. The minimum absolute atomic E-state index is 0.0614. The number of carbonyl (C=O) groups is 1. The second-order valence-electron chi connectivity index (χ2n) is 10.7. The molecule has 4 heterocycles. The smallest absolute Gasteiger partial charge is 0.410 e. The molecule has 0 spiro atoms. The average Bonchev–Trinajstić information content (AvgIpc) is 2.91. The number of hydrogen-bond donors (Lipinski definition) is 0. The van der Waals surface area contributed by atoms with Crippen LogP contribution in [0.4, 0.5) is 14.9 Å². The molecule has 0 radical (unpaired) electrons. The Hall–Kier alpha value is -3.85. The molecule has 0 saturated carbocycles. The highest BCUT2D eigenvalue weighted by Crippen LogP contribution is 2.45. The summed E-state index contributed by atoms with van der Waals surface area (Å²) in [6.45, 7) is 7.56. The lowest BCUT2D eigenvalue weighted by Gasteiger charge is -2.45. The third kappa shape index (κ3) is 4.44. The van der Waals surface area contributed by atoms with Gasteiger partial charge in [-0.15, -0.1) is 0 Å². The maximum atomic E-state index is 15.4. The second-order valence-corrected chi connectivity index (χ2v) is 11.2. The van der Waals surface area contributed by atoms with E-state index >= 15 is 4.39 Å². The number of carbonyl (C=O) groups excluding carboxylic acids is 1. The summed E-state index contributed by atoms with van der Waals surface area (Å²) in [7, 11) is 1.51. The Labute approximate surface area is 230 Å². The maximum Gasteiger partial charge on any atom is 0.410 e. The number of rotatable bonds is 2. The quantitative estimate of drug-likeness (QED) is 0.300. The summed E-state index contributed by atoms with van der Waals surface area (Å²) in [6, 6.07) is 8.46. The maximum absolute atomic E-state index is 15.4. The third-order valence-corrected chi connectivity index (χ3v) is 7.37. The lowest BCUT2D eigenvalue weighted by molar-refractivity contribution is 0.0195. The van der Waals surface area contributed by atoms with Gasteiger partial charge in [-0.3, -0.25) is 4.98 Å². The van der Waals surface area contributed by atoms with Crippen LogP contribution in [0.5, 0.6) is 11.6 Å². The summed E-state index contributed by atoms with van der Waals surface area (Å²) < 4.78 is 32.5. The van der Waals surface area contributed by atoms with E-state index in [-0.39, 0.29) is 12.1 Å². The van der Waals surface area contributed by atoms with Crippen LogP contribution in [-0.4, -0.2) is 66.0 Å². The lowest BCUT2D eigenvalue weighted by atomic mass is 9.96. The SMILES string of the molecule is COc1nccc2ccc(F)c(-c3cc4ncc5c(c4cc3Cl)N3CCN(C(=O)OC(C)(C)C)C[C@@H]3CO5)c12. The molecule has 8 nitrogen and oxygen atoms in total. The van der Waals surface area contributed by atoms with Crippen LogP contribution in [0.3, 0.4) is 0 Å². The number of pyridine rings is 2. The van der Waals surface area contributed by atoms with E-state index in [1.807, 2.05) is 26.8 Å². The minimum Gasteiger partial charge on any atom is -0.488 e. The highest BCUT2D eigenvalue weighted by atomic mass is 35.5. The lowest BCUT2D eigenvalue weighted by Crippen LogP contribution is -2.59. The van der Waals surface area contributed by atoms with Gasteiger partial charge in [0.2, 0.25) is 5.88 Å². The van der Waals surface area contributed by atoms with E-state index in [0.29, 0.717) is 64.9 Å². The third-order valence-electron chi connectivity index (χ3n) is 7.06. The van der Waals surface area contributed by atoms with Crippen molar-refractivity contribution in [3.05, 3.63) is 53.6 Å². The number of aromatic nitrogens is 2. The molecule has 0 N–H and O–H groups in total. The summed E-state index contributed by atoms with van der Waals surface area (Å²) in [6.07, 6.45) is 2.98. The van der Waals surface area contributed by atoms with Crippen molar-refractivity contribution in [1.82, 2.24) is 14.9 Å². The number of ether oxygens (including phenoxy) is 3. The highest BCUT2D eigenvalue weighted by Gasteiger charge is 2.37. The van der Waals surface area contributed by atoms with Crippen molar-refractivity contribution in [2.24, 2.45) is 0 Å². The number of fused-ring (bicyclic) bond motifs is 6. The summed E-state index contributed by atoms with van der Waals surface area (Å²) in [4.78, 5) is 25.6. The average molecular weight is 551 g/mol. The monoisotopic (exact) mass is 550 g/mol. The Bertz CT molecular complexity index is 1620. The van der Waals surface area contributed by atoms with Crippen LogP contribution in [0.15, 0.2) is 42.7 Å². The van der Waals surface area contributed by atoms with Gasteiger partial charge in [-0.1, -0.05) is 17.7 Å². The van der Waals surface area contributed by atoms with Gasteiger partial charge >= 0.3 is 6.09 Å². The summed E-state index contributed by atoms with van der Waals surface area (Å²) in [5.41, 5.74) is 1.75. The number of hydrogen-bond acceptors (Lipinski definition) is 7. The zero-order valence-electron chi connectivity index (χ0n) is 22.1. The molecule has 39 heavy (non-hydrogen) atoms. The van der Waals surface area contributed by atoms with Crippen molar-refractivity contribution in [2.45, 2.75) is 32.4 Å². The first-order valence-electron chi connectivity index (χ1n) is 12.8. The summed E-state index contributed by atoms with van der Waals surface area (Å²) in [5, 5.41) is 2.49. The van der Waals surface area contributed by atoms with Gasteiger partial charge in [0.15, 0.2) is 5.75 Å². The fraction of sp³-hybridized carbons (Fsp3) is 0.345. The van der Waals surface area contributed by atoms with Gasteiger partial charge in [-0.2, -0.15) is 0 Å². The molecular formula is C29H28ClFN4O4. The number of piperazine rings is 1. The molecule has 1 saturated heterocycles. The minimum atomic E-state index is -0.566. The second kappa shape index (κ2) is 9.41. The van der Waals surface area contributed by atoms with Crippen LogP contribution in [0, 0.1) is 5.82 Å². The number of nitrogens with zero attached hydrogens (tertiary/aromatic N) is 4. The molecule has 10 heteroatoms. The van der Waals surface area contributed by atoms with Gasteiger partial charge in [0, 0.05) is 47.4 Å². The Kier molecular flexibility index (Phi) is 6.14. The van der Waals surface area contributed by atoms with Crippen LogP contribution in [0.1, 0.15) is 20.8 Å². The summed E-state index contributed by atoms with van der Waals surface area (Å²) >= 11 is 6.87. The van der Waals surface area contributed by atoms with Crippen molar-refractivity contribution in [1.29, 1.82) is 0 Å². The van der Waals surface area contributed by atoms with Gasteiger partial charge in [0.05, 0.1) is 35.9 Å². The normalized spacial score (nSPS) is 17.0. The van der Waals surface area contributed by atoms with E-state index in [1.54, 1.807) is 35.5 Å². The van der Waals surface area contributed by atoms with Gasteiger partial charge in [-0.25, -0.2) is 14.2 Å². The Morgan fingerprint density at radius 3 is 2.77 bits per heavy atom. The van der Waals surface area contributed by atoms with Crippen molar-refractivity contribution in [2.75, 3.05) is 38.3 Å². The molecule has 1 atom stereocenters. The summed E-state index contributed by atoms with van der Waals surface area (Å²) in [5.74, 6) is 0.529. The van der Waals surface area contributed by atoms with E-state index in [4.69, 9.17) is 25.8 Å². The molecule has 2 aromatic carbocycles. The van der Waals surface area contributed by atoms with Gasteiger partial charge < -0.3 is 24.0 Å². The highest BCUT2D eigenvalue weighted by molar-refractivity contribution is 6.35. The first kappa shape index (κ1) is 25.4. The van der Waals surface area contributed by atoms with Crippen molar-refractivity contribution in [3.8, 4) is 22.8 Å². The standard InChI is InChI=1S/C29H28ClFN4O4/c1-29(2,3)39-28(36)34-9-10-35-17(14-34)15-38-23-13-33-22-12-18(20(30)11-19(22)26(23)35)25-21(31)6-5-16-7-8-32-27(37-4)24(16)25/h5-8,11-13,17H,9-10,14-15H2,1-4H3/t17-/m1/s1. The van der Waals surface area contributed by atoms with Crippen LogP contribution in [0.2, 0.25) is 5.02 Å². The van der Waals surface area contributed by atoms with E-state index < -0.39 is 11.4 Å². The zero-order valence-corrected chi connectivity index (χ0v) is 22.9. The van der Waals surface area contributed by atoms with E-state index in [0.717, 1.165) is 16.5 Å². The number of methoxy groups -OCH3 is 1.